The number of benzene rings is 1. The van der Waals surface area contributed by atoms with Crippen molar-refractivity contribution in [2.45, 2.75) is 0 Å². The van der Waals surface area contributed by atoms with E-state index in [1.807, 2.05) is 0 Å². The lowest BCUT2D eigenvalue weighted by Gasteiger charge is -1.99. The van der Waals surface area contributed by atoms with Gasteiger partial charge in [0.1, 0.15) is 11.0 Å². The molecular formula is C8H6N4O2. The van der Waals surface area contributed by atoms with Gasteiger partial charge in [0.2, 0.25) is 0 Å². The summed E-state index contributed by atoms with van der Waals surface area (Å²) in [6, 6.07) is 3.15. The van der Waals surface area contributed by atoms with E-state index < -0.39 is 5.97 Å². The van der Waals surface area contributed by atoms with E-state index in [1.165, 1.54) is 6.07 Å². The zero-order valence-electron chi connectivity index (χ0n) is 6.98. The van der Waals surface area contributed by atoms with E-state index in [1.54, 1.807) is 6.07 Å². The first-order valence-electron chi connectivity index (χ1n) is 3.81. The van der Waals surface area contributed by atoms with Gasteiger partial charge >= 0.3 is 5.97 Å². The second kappa shape index (κ2) is 2.91. The molecule has 2 rings (SSSR count). The van der Waals surface area contributed by atoms with Gasteiger partial charge in [-0.15, -0.1) is 0 Å². The number of nitrogens with one attached hydrogen (secondary N) is 2. The van der Waals surface area contributed by atoms with Crippen LogP contribution in [0.2, 0.25) is 0 Å². The van der Waals surface area contributed by atoms with E-state index in [0.29, 0.717) is 11.1 Å². The highest BCUT2D eigenvalue weighted by atomic mass is 16.4. The van der Waals surface area contributed by atoms with E-state index in [2.05, 4.69) is 15.4 Å². The molecule has 6 nitrogen and oxygen atoms in total. The fourth-order valence-electron chi connectivity index (χ4n) is 1.27. The molecule has 0 radical (unpaired) electrons. The van der Waals surface area contributed by atoms with Gasteiger partial charge in [-0.3, -0.25) is 0 Å². The van der Waals surface area contributed by atoms with Crippen molar-refractivity contribution in [3.8, 4) is 0 Å². The highest BCUT2D eigenvalue weighted by molar-refractivity contribution is 6.07. The van der Waals surface area contributed by atoms with Gasteiger partial charge in [0.15, 0.2) is 0 Å². The van der Waals surface area contributed by atoms with Crippen molar-refractivity contribution >= 4 is 23.2 Å². The van der Waals surface area contributed by atoms with Crippen molar-refractivity contribution in [1.29, 1.82) is 5.41 Å². The van der Waals surface area contributed by atoms with Crippen molar-refractivity contribution in [3.63, 3.8) is 0 Å². The highest BCUT2D eigenvalue weighted by Gasteiger charge is 2.15. The van der Waals surface area contributed by atoms with E-state index in [9.17, 15) is 4.79 Å². The fraction of sp³-hybridized carbons (Fsp3) is 0. The molecule has 1 heterocycles. The van der Waals surface area contributed by atoms with Crippen LogP contribution in [-0.2, 0) is 0 Å². The Kier molecular flexibility index (Phi) is 1.74. The number of carboxylic acid groups (broad SMARTS) is 1. The molecule has 1 aromatic heterocycles. The first kappa shape index (κ1) is 8.36. The van der Waals surface area contributed by atoms with E-state index >= 15 is 0 Å². The van der Waals surface area contributed by atoms with Crippen LogP contribution in [0.4, 0.5) is 0 Å². The zero-order chi connectivity index (χ0) is 10.1. The van der Waals surface area contributed by atoms with Crippen LogP contribution in [-0.4, -0.2) is 32.7 Å². The van der Waals surface area contributed by atoms with E-state index in [0.717, 1.165) is 6.21 Å². The largest absolute Gasteiger partial charge is 0.478 e. The number of fused-ring (bicyclic) bond motifs is 1. The van der Waals surface area contributed by atoms with Gasteiger partial charge in [0, 0.05) is 11.8 Å². The highest BCUT2D eigenvalue weighted by Crippen LogP contribution is 2.17. The minimum atomic E-state index is -1.11. The predicted molar refractivity (Wildman–Crippen MR) is 48.7 cm³/mol. The van der Waals surface area contributed by atoms with Crippen LogP contribution < -0.4 is 0 Å². The second-order valence-electron chi connectivity index (χ2n) is 2.67. The summed E-state index contributed by atoms with van der Waals surface area (Å²) in [6.07, 6.45) is 0.984. The normalized spacial score (nSPS) is 10.3. The molecule has 0 aliphatic rings. The van der Waals surface area contributed by atoms with Crippen molar-refractivity contribution in [3.05, 3.63) is 23.3 Å². The molecule has 2 aromatic rings. The molecule has 0 atom stereocenters. The number of carboxylic acids is 1. The molecule has 1 aromatic carbocycles. The molecule has 0 aliphatic carbocycles. The first-order chi connectivity index (χ1) is 6.74. The molecule has 0 bridgehead atoms. The Morgan fingerprint density at radius 3 is 2.93 bits per heavy atom. The van der Waals surface area contributed by atoms with Crippen LogP contribution in [0.1, 0.15) is 15.9 Å². The summed E-state index contributed by atoms with van der Waals surface area (Å²) in [5.41, 5.74) is 1.08. The average Bonchev–Trinajstić information content (AvgIpc) is 2.62. The van der Waals surface area contributed by atoms with Gasteiger partial charge < -0.3 is 10.5 Å². The molecule has 70 valence electrons. The second-order valence-corrected chi connectivity index (χ2v) is 2.67. The van der Waals surface area contributed by atoms with Crippen LogP contribution in [0.15, 0.2) is 12.1 Å². The number of aromatic amines is 1. The Morgan fingerprint density at radius 2 is 2.29 bits per heavy atom. The van der Waals surface area contributed by atoms with Crippen LogP contribution in [0.3, 0.4) is 0 Å². The maximum atomic E-state index is 10.9. The molecule has 0 aliphatic heterocycles. The summed E-state index contributed by atoms with van der Waals surface area (Å²) in [5.74, 6) is -1.11. The van der Waals surface area contributed by atoms with Gasteiger partial charge in [0.25, 0.3) is 0 Å². The van der Waals surface area contributed by atoms with Crippen LogP contribution in [0.5, 0.6) is 0 Å². The molecular weight excluding hydrogens is 184 g/mol. The molecule has 6 heteroatoms. The number of hydrogen-bond donors (Lipinski definition) is 3. The Morgan fingerprint density at radius 1 is 1.50 bits per heavy atom. The number of H-pyrrole nitrogens is 1. The molecule has 0 amide bonds. The first-order valence-corrected chi connectivity index (χ1v) is 3.81. The number of nitrogens with zero attached hydrogens (tertiary/aromatic N) is 2. The average molecular weight is 190 g/mol. The lowest BCUT2D eigenvalue weighted by Crippen LogP contribution is -2.02. The van der Waals surface area contributed by atoms with Gasteiger partial charge in [-0.2, -0.15) is 15.4 Å². The minimum absolute atomic E-state index is 0.00579. The Labute approximate surface area is 78.1 Å². The van der Waals surface area contributed by atoms with E-state index in [4.69, 9.17) is 10.5 Å². The van der Waals surface area contributed by atoms with Crippen LogP contribution in [0.25, 0.3) is 11.0 Å². The fourth-order valence-corrected chi connectivity index (χ4v) is 1.27. The SMILES string of the molecule is N=Cc1ccc2n[nH]nc2c1C(=O)O. The third kappa shape index (κ3) is 1.05. The van der Waals surface area contributed by atoms with Crippen molar-refractivity contribution in [1.82, 2.24) is 15.4 Å². The summed E-state index contributed by atoms with van der Waals surface area (Å²) in [7, 11) is 0. The number of rotatable bonds is 2. The van der Waals surface area contributed by atoms with Gasteiger partial charge in [-0.05, 0) is 6.07 Å². The molecule has 0 saturated carbocycles. The monoisotopic (exact) mass is 190 g/mol. The maximum absolute atomic E-state index is 10.9. The number of carbonyl (C=O) groups is 1. The summed E-state index contributed by atoms with van der Waals surface area (Å²) in [6.45, 7) is 0. The standard InChI is InChI=1S/C8H6N4O2/c9-3-4-1-2-5-7(11-12-10-5)6(4)8(13)14/h1-3,9H,(H,13,14)(H,10,11,12). The Bertz CT molecular complexity index is 517. The Balaban J connectivity index is 2.88. The molecule has 0 unspecified atom stereocenters. The number of aromatic nitrogens is 3. The zero-order valence-corrected chi connectivity index (χ0v) is 6.98. The van der Waals surface area contributed by atoms with Crippen LogP contribution >= 0.6 is 0 Å². The lowest BCUT2D eigenvalue weighted by molar-refractivity contribution is 0.0698. The van der Waals surface area contributed by atoms with Crippen molar-refractivity contribution in [2.75, 3.05) is 0 Å². The predicted octanol–water partition coefficient (Wildman–Crippen LogP) is 0.654. The lowest BCUT2D eigenvalue weighted by atomic mass is 10.1. The van der Waals surface area contributed by atoms with Gasteiger partial charge in [-0.1, -0.05) is 6.07 Å². The minimum Gasteiger partial charge on any atom is -0.478 e. The maximum Gasteiger partial charge on any atom is 0.338 e. The molecule has 14 heavy (non-hydrogen) atoms. The number of hydrogen-bond acceptors (Lipinski definition) is 4. The third-order valence-electron chi connectivity index (χ3n) is 1.89. The van der Waals surface area contributed by atoms with Crippen molar-refractivity contribution in [2.24, 2.45) is 0 Å². The number of aromatic carboxylic acids is 1. The van der Waals surface area contributed by atoms with Crippen LogP contribution in [0, 0.1) is 5.41 Å². The van der Waals surface area contributed by atoms with Crippen molar-refractivity contribution < 1.29 is 9.90 Å². The summed E-state index contributed by atoms with van der Waals surface area (Å²) < 4.78 is 0. The summed E-state index contributed by atoms with van der Waals surface area (Å²) in [4.78, 5) is 10.9. The summed E-state index contributed by atoms with van der Waals surface area (Å²) in [5, 5.41) is 25.8. The molecule has 3 N–H and O–H groups in total. The van der Waals surface area contributed by atoms with E-state index in [-0.39, 0.29) is 11.1 Å². The quantitative estimate of drug-likeness (QED) is 0.605. The topological polar surface area (TPSA) is 103 Å². The molecule has 0 spiro atoms. The van der Waals surface area contributed by atoms with Gasteiger partial charge in [0.05, 0.1) is 5.56 Å². The Hall–Kier alpha value is -2.24. The third-order valence-corrected chi connectivity index (χ3v) is 1.89. The smallest absolute Gasteiger partial charge is 0.338 e. The molecule has 0 saturated heterocycles. The summed E-state index contributed by atoms with van der Waals surface area (Å²) >= 11 is 0. The van der Waals surface area contributed by atoms with Gasteiger partial charge in [-0.25, -0.2) is 4.79 Å². The molecule has 0 fully saturated rings.